The van der Waals surface area contributed by atoms with Crippen LogP contribution in [0.2, 0.25) is 0 Å². The zero-order valence-corrected chi connectivity index (χ0v) is 17.5. The molecule has 30 heavy (non-hydrogen) atoms. The van der Waals surface area contributed by atoms with Crippen LogP contribution in [0, 0.1) is 19.8 Å². The maximum atomic E-state index is 13.5. The quantitative estimate of drug-likeness (QED) is 0.608. The molecule has 0 N–H and O–H groups in total. The molecule has 3 aromatic rings. The summed E-state index contributed by atoms with van der Waals surface area (Å²) in [7, 11) is 1.81. The second-order valence-electron chi connectivity index (χ2n) is 8.08. The number of hydrogen-bond donors (Lipinski definition) is 0. The second kappa shape index (κ2) is 8.12. The Morgan fingerprint density at radius 1 is 1.17 bits per heavy atom. The van der Waals surface area contributed by atoms with Crippen LogP contribution in [0.1, 0.15) is 48.6 Å². The fourth-order valence-corrected chi connectivity index (χ4v) is 3.90. The SMILES string of the molecule is Cc1cc(C)n(-c2cc(OCc3ncnn3C)cc(CC3CCC(F)(F)CC3)n2)n1. The lowest BCUT2D eigenvalue weighted by Gasteiger charge is -2.28. The molecule has 0 aromatic carbocycles. The van der Waals surface area contributed by atoms with E-state index in [1.165, 1.54) is 6.33 Å². The summed E-state index contributed by atoms with van der Waals surface area (Å²) >= 11 is 0. The van der Waals surface area contributed by atoms with Gasteiger partial charge in [0.05, 0.1) is 5.69 Å². The standard InChI is InChI=1S/C21H26F2N6O/c1-14-8-15(2)29(27-14)19-11-18(30-12-20-24-13-25-28(20)3)10-17(26-19)9-16-4-6-21(22,23)7-5-16/h8,10-11,13,16H,4-7,9,12H2,1-3H3. The largest absolute Gasteiger partial charge is 0.485 e. The summed E-state index contributed by atoms with van der Waals surface area (Å²) in [5, 5.41) is 8.58. The molecule has 3 heterocycles. The molecule has 4 rings (SSSR count). The Morgan fingerprint density at radius 3 is 2.57 bits per heavy atom. The number of ether oxygens (including phenoxy) is 1. The van der Waals surface area contributed by atoms with Crippen LogP contribution >= 0.6 is 0 Å². The molecule has 0 aliphatic heterocycles. The molecule has 0 bridgehead atoms. The first-order chi connectivity index (χ1) is 14.3. The van der Waals surface area contributed by atoms with E-state index in [0.29, 0.717) is 36.7 Å². The van der Waals surface area contributed by atoms with Gasteiger partial charge in [0.1, 0.15) is 18.7 Å². The first-order valence-electron chi connectivity index (χ1n) is 10.2. The number of aryl methyl sites for hydroxylation is 3. The molecular weight excluding hydrogens is 390 g/mol. The monoisotopic (exact) mass is 416 g/mol. The van der Waals surface area contributed by atoms with Gasteiger partial charge in [0.15, 0.2) is 11.6 Å². The predicted molar refractivity (Wildman–Crippen MR) is 107 cm³/mol. The molecule has 160 valence electrons. The van der Waals surface area contributed by atoms with Gasteiger partial charge < -0.3 is 4.74 Å². The van der Waals surface area contributed by atoms with E-state index in [-0.39, 0.29) is 25.4 Å². The molecule has 1 aliphatic carbocycles. The van der Waals surface area contributed by atoms with Gasteiger partial charge in [-0.2, -0.15) is 10.2 Å². The van der Waals surface area contributed by atoms with Crippen molar-refractivity contribution in [3.63, 3.8) is 0 Å². The molecular formula is C21H26F2N6O. The molecule has 0 saturated heterocycles. The van der Waals surface area contributed by atoms with Crippen molar-refractivity contribution in [2.45, 2.75) is 58.5 Å². The average molecular weight is 416 g/mol. The molecule has 1 aliphatic rings. The number of hydrogen-bond acceptors (Lipinski definition) is 5. The Bertz CT molecular complexity index is 1020. The molecule has 9 heteroatoms. The van der Waals surface area contributed by atoms with Crippen molar-refractivity contribution in [3.8, 4) is 11.6 Å². The highest BCUT2D eigenvalue weighted by Gasteiger charge is 2.35. The minimum Gasteiger partial charge on any atom is -0.485 e. The van der Waals surface area contributed by atoms with E-state index in [0.717, 1.165) is 17.1 Å². The lowest BCUT2D eigenvalue weighted by molar-refractivity contribution is -0.0457. The summed E-state index contributed by atoms with van der Waals surface area (Å²) in [5.41, 5.74) is 2.69. The Kier molecular flexibility index (Phi) is 5.53. The Hall–Kier alpha value is -2.84. The lowest BCUT2D eigenvalue weighted by Crippen LogP contribution is -2.25. The average Bonchev–Trinajstić information content (AvgIpc) is 3.26. The third-order valence-electron chi connectivity index (χ3n) is 5.57. The first-order valence-corrected chi connectivity index (χ1v) is 10.2. The molecule has 1 fully saturated rings. The van der Waals surface area contributed by atoms with Gasteiger partial charge in [-0.1, -0.05) is 0 Å². The van der Waals surface area contributed by atoms with E-state index in [1.807, 2.05) is 39.1 Å². The normalized spacial score (nSPS) is 16.7. The van der Waals surface area contributed by atoms with Gasteiger partial charge in [-0.05, 0) is 45.1 Å². The second-order valence-corrected chi connectivity index (χ2v) is 8.08. The van der Waals surface area contributed by atoms with Crippen LogP contribution in [0.3, 0.4) is 0 Å². The third-order valence-corrected chi connectivity index (χ3v) is 5.57. The summed E-state index contributed by atoms with van der Waals surface area (Å²) in [4.78, 5) is 8.95. The van der Waals surface area contributed by atoms with Crippen molar-refractivity contribution in [2.75, 3.05) is 0 Å². The zero-order chi connectivity index (χ0) is 21.3. The predicted octanol–water partition coefficient (Wildman–Crippen LogP) is 3.96. The van der Waals surface area contributed by atoms with E-state index in [2.05, 4.69) is 15.2 Å². The van der Waals surface area contributed by atoms with Crippen molar-refractivity contribution in [2.24, 2.45) is 13.0 Å². The van der Waals surface area contributed by atoms with Crippen LogP contribution in [-0.2, 0) is 20.1 Å². The smallest absolute Gasteiger partial charge is 0.248 e. The number of nitrogens with zero attached hydrogens (tertiary/aromatic N) is 6. The van der Waals surface area contributed by atoms with Crippen molar-refractivity contribution in [1.82, 2.24) is 29.5 Å². The number of rotatable bonds is 6. The summed E-state index contributed by atoms with van der Waals surface area (Å²) in [5.74, 6) is -0.325. The lowest BCUT2D eigenvalue weighted by atomic mass is 9.84. The van der Waals surface area contributed by atoms with Crippen LogP contribution in [-0.4, -0.2) is 35.5 Å². The van der Waals surface area contributed by atoms with Gasteiger partial charge in [0, 0.05) is 43.4 Å². The molecule has 0 radical (unpaired) electrons. The fourth-order valence-electron chi connectivity index (χ4n) is 3.90. The first kappa shape index (κ1) is 20.4. The van der Waals surface area contributed by atoms with E-state index in [9.17, 15) is 8.78 Å². The molecule has 0 amide bonds. The van der Waals surface area contributed by atoms with Gasteiger partial charge in [-0.3, -0.25) is 4.68 Å². The topological polar surface area (TPSA) is 70.7 Å². The van der Waals surface area contributed by atoms with E-state index in [4.69, 9.17) is 9.72 Å². The van der Waals surface area contributed by atoms with Crippen molar-refractivity contribution >= 4 is 0 Å². The Morgan fingerprint density at radius 2 is 1.93 bits per heavy atom. The van der Waals surface area contributed by atoms with E-state index < -0.39 is 5.92 Å². The Labute approximate surface area is 174 Å². The zero-order valence-electron chi connectivity index (χ0n) is 17.5. The number of halogens is 2. The Balaban J connectivity index is 1.59. The van der Waals surface area contributed by atoms with E-state index in [1.54, 1.807) is 9.36 Å². The summed E-state index contributed by atoms with van der Waals surface area (Å²) in [6, 6.07) is 5.71. The molecule has 0 unspecified atom stereocenters. The molecule has 0 spiro atoms. The fraction of sp³-hybridized carbons (Fsp3) is 0.524. The minimum absolute atomic E-state index is 0.0513. The third kappa shape index (κ3) is 4.66. The van der Waals surface area contributed by atoms with Gasteiger partial charge in [0.2, 0.25) is 5.92 Å². The van der Waals surface area contributed by atoms with Crippen LogP contribution < -0.4 is 4.74 Å². The highest BCUT2D eigenvalue weighted by Crippen LogP contribution is 2.37. The molecule has 1 saturated carbocycles. The van der Waals surface area contributed by atoms with Crippen LogP contribution in [0.5, 0.6) is 5.75 Å². The van der Waals surface area contributed by atoms with Crippen molar-refractivity contribution in [3.05, 3.63) is 47.4 Å². The van der Waals surface area contributed by atoms with Gasteiger partial charge in [-0.25, -0.2) is 23.4 Å². The highest BCUT2D eigenvalue weighted by molar-refractivity contribution is 5.36. The van der Waals surface area contributed by atoms with Crippen molar-refractivity contribution < 1.29 is 13.5 Å². The number of alkyl halides is 2. The minimum atomic E-state index is -2.53. The number of aromatic nitrogens is 6. The van der Waals surface area contributed by atoms with Crippen LogP contribution in [0.15, 0.2) is 24.5 Å². The molecule has 3 aromatic heterocycles. The maximum Gasteiger partial charge on any atom is 0.248 e. The summed E-state index contributed by atoms with van der Waals surface area (Å²) in [6.07, 6.45) is 3.04. The summed E-state index contributed by atoms with van der Waals surface area (Å²) < 4.78 is 36.5. The summed E-state index contributed by atoms with van der Waals surface area (Å²) in [6.45, 7) is 4.17. The van der Waals surface area contributed by atoms with Crippen LogP contribution in [0.25, 0.3) is 5.82 Å². The number of pyridine rings is 1. The van der Waals surface area contributed by atoms with Gasteiger partial charge >= 0.3 is 0 Å². The van der Waals surface area contributed by atoms with E-state index >= 15 is 0 Å². The van der Waals surface area contributed by atoms with Crippen LogP contribution in [0.4, 0.5) is 8.78 Å². The molecule has 7 nitrogen and oxygen atoms in total. The van der Waals surface area contributed by atoms with Gasteiger partial charge in [0.25, 0.3) is 0 Å². The molecule has 0 atom stereocenters. The highest BCUT2D eigenvalue weighted by atomic mass is 19.3. The van der Waals surface area contributed by atoms with Gasteiger partial charge in [-0.15, -0.1) is 0 Å². The van der Waals surface area contributed by atoms with Crippen molar-refractivity contribution in [1.29, 1.82) is 0 Å². The maximum absolute atomic E-state index is 13.5.